The number of hydrogen-bond donors (Lipinski definition) is 1. The molecule has 2 N–H and O–H groups in total. The Balaban J connectivity index is 2.43. The lowest BCUT2D eigenvalue weighted by Gasteiger charge is -2.25. The monoisotopic (exact) mass is 257 g/mol. The van der Waals surface area contributed by atoms with E-state index in [1.807, 2.05) is 18.2 Å². The van der Waals surface area contributed by atoms with Crippen molar-refractivity contribution < 1.29 is 4.79 Å². The first-order valence-corrected chi connectivity index (χ1v) is 6.46. The van der Waals surface area contributed by atoms with Crippen LogP contribution in [0.3, 0.4) is 0 Å². The van der Waals surface area contributed by atoms with Crippen molar-refractivity contribution in [1.29, 1.82) is 5.26 Å². The first-order valence-electron chi connectivity index (χ1n) is 6.46. The summed E-state index contributed by atoms with van der Waals surface area (Å²) in [5, 5.41) is 9.00. The maximum Gasteiger partial charge on any atom is 0.232 e. The summed E-state index contributed by atoms with van der Waals surface area (Å²) in [4.78, 5) is 13.6. The first kappa shape index (κ1) is 13.6. The van der Waals surface area contributed by atoms with Crippen LogP contribution >= 0.6 is 0 Å². The van der Waals surface area contributed by atoms with Crippen LogP contribution in [0.1, 0.15) is 31.9 Å². The SMILES string of the molecule is CC(C#N)N1C(=O)Cc2cc(C(C)(C)CN)ccc21. The molecule has 1 aromatic carbocycles. The Morgan fingerprint density at radius 1 is 1.53 bits per heavy atom. The van der Waals surface area contributed by atoms with Crippen molar-refractivity contribution in [2.45, 2.75) is 38.6 Å². The van der Waals surface area contributed by atoms with Crippen molar-refractivity contribution in [3.05, 3.63) is 29.3 Å². The Bertz CT molecular complexity index is 557. The van der Waals surface area contributed by atoms with Crippen molar-refractivity contribution >= 4 is 11.6 Å². The molecule has 4 heteroatoms. The predicted molar refractivity (Wildman–Crippen MR) is 74.8 cm³/mol. The number of nitrogens with zero attached hydrogens (tertiary/aromatic N) is 2. The van der Waals surface area contributed by atoms with E-state index in [1.165, 1.54) is 0 Å². The van der Waals surface area contributed by atoms with E-state index >= 15 is 0 Å². The lowest BCUT2D eigenvalue weighted by atomic mass is 9.84. The van der Waals surface area contributed by atoms with Crippen molar-refractivity contribution in [3.8, 4) is 6.07 Å². The van der Waals surface area contributed by atoms with Gasteiger partial charge in [-0.1, -0.05) is 26.0 Å². The molecule has 0 saturated heterocycles. The molecule has 1 unspecified atom stereocenters. The molecule has 100 valence electrons. The quantitative estimate of drug-likeness (QED) is 0.896. The van der Waals surface area contributed by atoms with Gasteiger partial charge in [-0.2, -0.15) is 5.26 Å². The van der Waals surface area contributed by atoms with Crippen LogP contribution in [0.5, 0.6) is 0 Å². The second kappa shape index (κ2) is 4.67. The highest BCUT2D eigenvalue weighted by molar-refractivity contribution is 6.02. The summed E-state index contributed by atoms with van der Waals surface area (Å²) < 4.78 is 0. The predicted octanol–water partition coefficient (Wildman–Crippen LogP) is 1.72. The molecule has 1 atom stereocenters. The van der Waals surface area contributed by atoms with Gasteiger partial charge in [0.1, 0.15) is 6.04 Å². The molecule has 0 spiro atoms. The van der Waals surface area contributed by atoms with Gasteiger partial charge in [0.15, 0.2) is 0 Å². The van der Waals surface area contributed by atoms with Crippen LogP contribution in [0.15, 0.2) is 18.2 Å². The summed E-state index contributed by atoms with van der Waals surface area (Å²) in [5.74, 6) is -0.00763. The number of anilines is 1. The van der Waals surface area contributed by atoms with Gasteiger partial charge in [0.25, 0.3) is 0 Å². The minimum absolute atomic E-state index is 0.00763. The number of amides is 1. The second-order valence-corrected chi connectivity index (χ2v) is 5.68. The molecule has 0 radical (unpaired) electrons. The van der Waals surface area contributed by atoms with Gasteiger partial charge >= 0.3 is 0 Å². The Labute approximate surface area is 113 Å². The summed E-state index contributed by atoms with van der Waals surface area (Å²) in [7, 11) is 0. The lowest BCUT2D eigenvalue weighted by molar-refractivity contribution is -0.117. The summed E-state index contributed by atoms with van der Waals surface area (Å²) in [6.07, 6.45) is 0.371. The van der Waals surface area contributed by atoms with Crippen LogP contribution in [0.2, 0.25) is 0 Å². The minimum atomic E-state index is -0.429. The molecular weight excluding hydrogens is 238 g/mol. The third-order valence-corrected chi connectivity index (χ3v) is 3.82. The number of carbonyl (C=O) groups is 1. The fraction of sp³-hybridized carbons (Fsp3) is 0.467. The molecule has 0 fully saturated rings. The molecule has 0 saturated carbocycles. The first-order chi connectivity index (χ1) is 8.90. The number of hydrogen-bond acceptors (Lipinski definition) is 3. The maximum atomic E-state index is 12.0. The van der Waals surface area contributed by atoms with Crippen LogP contribution in [-0.4, -0.2) is 18.5 Å². The molecule has 1 aliphatic rings. The molecule has 0 aromatic heterocycles. The van der Waals surface area contributed by atoms with E-state index in [0.29, 0.717) is 13.0 Å². The molecule has 4 nitrogen and oxygen atoms in total. The molecule has 1 heterocycles. The number of rotatable bonds is 3. The average Bonchev–Trinajstić information content (AvgIpc) is 2.72. The molecule has 19 heavy (non-hydrogen) atoms. The van der Waals surface area contributed by atoms with Crippen LogP contribution in [0.25, 0.3) is 0 Å². The van der Waals surface area contributed by atoms with E-state index in [2.05, 4.69) is 19.9 Å². The Hall–Kier alpha value is -1.86. The Morgan fingerprint density at radius 2 is 2.21 bits per heavy atom. The fourth-order valence-electron chi connectivity index (χ4n) is 2.37. The highest BCUT2D eigenvalue weighted by atomic mass is 16.2. The molecule has 1 aromatic rings. The third kappa shape index (κ3) is 2.22. The molecule has 1 amide bonds. The average molecular weight is 257 g/mol. The van der Waals surface area contributed by atoms with E-state index < -0.39 is 6.04 Å². The van der Waals surface area contributed by atoms with Crippen LogP contribution in [0, 0.1) is 11.3 Å². The summed E-state index contributed by atoms with van der Waals surface area (Å²) >= 11 is 0. The van der Waals surface area contributed by atoms with E-state index in [4.69, 9.17) is 11.0 Å². The molecule has 0 bridgehead atoms. The zero-order valence-corrected chi connectivity index (χ0v) is 11.6. The fourth-order valence-corrected chi connectivity index (χ4v) is 2.37. The normalized spacial score (nSPS) is 16.2. The van der Waals surface area contributed by atoms with Gasteiger partial charge < -0.3 is 5.73 Å². The Kier molecular flexibility index (Phi) is 3.34. The van der Waals surface area contributed by atoms with Crippen LogP contribution in [0.4, 0.5) is 5.69 Å². The van der Waals surface area contributed by atoms with Crippen LogP contribution < -0.4 is 10.6 Å². The molecule has 0 aliphatic carbocycles. The van der Waals surface area contributed by atoms with Crippen molar-refractivity contribution in [2.75, 3.05) is 11.4 Å². The Morgan fingerprint density at radius 3 is 2.79 bits per heavy atom. The van der Waals surface area contributed by atoms with Crippen LogP contribution in [-0.2, 0) is 16.6 Å². The third-order valence-electron chi connectivity index (χ3n) is 3.82. The minimum Gasteiger partial charge on any atom is -0.330 e. The van der Waals surface area contributed by atoms with E-state index in [0.717, 1.165) is 16.8 Å². The van der Waals surface area contributed by atoms with Crippen molar-refractivity contribution in [1.82, 2.24) is 0 Å². The van der Waals surface area contributed by atoms with Gasteiger partial charge in [0, 0.05) is 17.6 Å². The van der Waals surface area contributed by atoms with Gasteiger partial charge in [-0.3, -0.25) is 9.69 Å². The topological polar surface area (TPSA) is 70.1 Å². The number of fused-ring (bicyclic) bond motifs is 1. The van der Waals surface area contributed by atoms with Gasteiger partial charge in [0.2, 0.25) is 5.91 Å². The smallest absolute Gasteiger partial charge is 0.232 e. The molecule has 1 aliphatic heterocycles. The second-order valence-electron chi connectivity index (χ2n) is 5.68. The standard InChI is InChI=1S/C15H19N3O/c1-10(8-16)18-13-5-4-12(15(2,3)9-17)6-11(13)7-14(18)19/h4-6,10H,7,9,17H2,1-3H3. The molecule has 2 rings (SSSR count). The van der Waals surface area contributed by atoms with Gasteiger partial charge in [-0.15, -0.1) is 0 Å². The zero-order chi connectivity index (χ0) is 14.2. The summed E-state index contributed by atoms with van der Waals surface area (Å²) in [6, 6.07) is 7.67. The van der Waals surface area contributed by atoms with Gasteiger partial charge in [-0.25, -0.2) is 0 Å². The maximum absolute atomic E-state index is 12.0. The van der Waals surface area contributed by atoms with Crippen molar-refractivity contribution in [3.63, 3.8) is 0 Å². The zero-order valence-electron chi connectivity index (χ0n) is 11.6. The highest BCUT2D eigenvalue weighted by Gasteiger charge is 2.32. The van der Waals surface area contributed by atoms with E-state index in [9.17, 15) is 4.79 Å². The number of nitriles is 1. The number of carbonyl (C=O) groups excluding carboxylic acids is 1. The van der Waals surface area contributed by atoms with E-state index in [-0.39, 0.29) is 11.3 Å². The lowest BCUT2D eigenvalue weighted by Crippen LogP contribution is -2.34. The summed E-state index contributed by atoms with van der Waals surface area (Å²) in [5.41, 5.74) is 8.66. The largest absolute Gasteiger partial charge is 0.330 e. The van der Waals surface area contributed by atoms with Crippen molar-refractivity contribution in [2.24, 2.45) is 5.73 Å². The number of nitrogens with two attached hydrogens (primary N) is 1. The molecular formula is C15H19N3O. The van der Waals surface area contributed by atoms with Gasteiger partial charge in [0.05, 0.1) is 12.5 Å². The number of benzene rings is 1. The highest BCUT2D eigenvalue weighted by Crippen LogP contribution is 2.34. The summed E-state index contributed by atoms with van der Waals surface area (Å²) in [6.45, 7) is 6.46. The van der Waals surface area contributed by atoms with E-state index in [1.54, 1.807) is 11.8 Å². The van der Waals surface area contributed by atoms with Gasteiger partial charge in [-0.05, 0) is 24.1 Å².